The van der Waals surface area contributed by atoms with Crippen LogP contribution in [0.4, 0.5) is 0 Å². The largest absolute Gasteiger partial charge is 0.396 e. The van der Waals surface area contributed by atoms with Crippen LogP contribution in [0.1, 0.15) is 47.0 Å². The maximum Gasteiger partial charge on any atom is 0.237 e. The SMILES string of the molecule is CCC(C)NC(=O)C(C)NC(C)CCCO. The minimum absolute atomic E-state index is 0.0465. The summed E-state index contributed by atoms with van der Waals surface area (Å²) in [6.45, 7) is 8.15. The van der Waals surface area contributed by atoms with Gasteiger partial charge in [-0.15, -0.1) is 0 Å². The van der Waals surface area contributed by atoms with Gasteiger partial charge >= 0.3 is 0 Å². The molecule has 0 rings (SSSR count). The molecule has 0 saturated carbocycles. The number of hydrogen-bond acceptors (Lipinski definition) is 3. The van der Waals surface area contributed by atoms with Gasteiger partial charge in [-0.05, 0) is 40.0 Å². The molecule has 4 nitrogen and oxygen atoms in total. The standard InChI is InChI=1S/C12H26N2O2/c1-5-9(2)14-12(16)11(4)13-10(3)7-6-8-15/h9-11,13,15H,5-8H2,1-4H3,(H,14,16). The van der Waals surface area contributed by atoms with E-state index in [9.17, 15) is 4.79 Å². The van der Waals surface area contributed by atoms with E-state index in [4.69, 9.17) is 5.11 Å². The van der Waals surface area contributed by atoms with Crippen LogP contribution in [0.25, 0.3) is 0 Å². The summed E-state index contributed by atoms with van der Waals surface area (Å²) in [6, 6.07) is 0.303. The second-order valence-corrected chi connectivity index (χ2v) is 4.47. The number of amides is 1. The summed E-state index contributed by atoms with van der Waals surface area (Å²) < 4.78 is 0. The number of nitrogens with one attached hydrogen (secondary N) is 2. The molecular weight excluding hydrogens is 204 g/mol. The fraction of sp³-hybridized carbons (Fsp3) is 0.917. The normalized spacial score (nSPS) is 16.6. The zero-order valence-electron chi connectivity index (χ0n) is 10.9. The van der Waals surface area contributed by atoms with Crippen molar-refractivity contribution in [3.05, 3.63) is 0 Å². The number of rotatable bonds is 8. The maximum absolute atomic E-state index is 11.7. The number of carbonyl (C=O) groups is 1. The van der Waals surface area contributed by atoms with E-state index in [1.807, 2.05) is 27.7 Å². The first-order chi connectivity index (χ1) is 7.51. The Morgan fingerprint density at radius 2 is 1.88 bits per heavy atom. The van der Waals surface area contributed by atoms with Crippen LogP contribution in [-0.4, -0.2) is 35.7 Å². The molecule has 0 aliphatic carbocycles. The molecule has 1 amide bonds. The predicted octanol–water partition coefficient (Wildman–Crippen LogP) is 1.04. The summed E-state index contributed by atoms with van der Waals surface area (Å²) >= 11 is 0. The molecular formula is C12H26N2O2. The third-order valence-corrected chi connectivity index (χ3v) is 2.72. The Labute approximate surface area is 98.8 Å². The highest BCUT2D eigenvalue weighted by molar-refractivity contribution is 5.81. The van der Waals surface area contributed by atoms with E-state index in [2.05, 4.69) is 10.6 Å². The third-order valence-electron chi connectivity index (χ3n) is 2.72. The van der Waals surface area contributed by atoms with Crippen LogP contribution < -0.4 is 10.6 Å². The first-order valence-electron chi connectivity index (χ1n) is 6.18. The molecule has 0 aromatic carbocycles. The van der Waals surface area contributed by atoms with Crippen LogP contribution in [0.2, 0.25) is 0 Å². The van der Waals surface area contributed by atoms with E-state index in [0.29, 0.717) is 0 Å². The lowest BCUT2D eigenvalue weighted by Gasteiger charge is -2.21. The average Bonchev–Trinajstić information content (AvgIpc) is 2.25. The van der Waals surface area contributed by atoms with Crippen molar-refractivity contribution in [3.8, 4) is 0 Å². The van der Waals surface area contributed by atoms with Crippen molar-refractivity contribution in [1.82, 2.24) is 10.6 Å². The summed E-state index contributed by atoms with van der Waals surface area (Å²) in [7, 11) is 0. The quantitative estimate of drug-likeness (QED) is 0.584. The lowest BCUT2D eigenvalue weighted by molar-refractivity contribution is -0.123. The number of hydrogen-bond donors (Lipinski definition) is 3. The first kappa shape index (κ1) is 15.4. The minimum Gasteiger partial charge on any atom is -0.396 e. The molecule has 0 bridgehead atoms. The van der Waals surface area contributed by atoms with Crippen molar-refractivity contribution in [3.63, 3.8) is 0 Å². The number of carbonyl (C=O) groups excluding carboxylic acids is 1. The Balaban J connectivity index is 3.85. The predicted molar refractivity (Wildman–Crippen MR) is 66.3 cm³/mol. The van der Waals surface area contributed by atoms with Gasteiger partial charge in [0.1, 0.15) is 0 Å². The highest BCUT2D eigenvalue weighted by Gasteiger charge is 2.16. The summed E-state index contributed by atoms with van der Waals surface area (Å²) in [5.41, 5.74) is 0. The van der Waals surface area contributed by atoms with Crippen LogP contribution in [-0.2, 0) is 4.79 Å². The molecule has 0 aromatic rings. The van der Waals surface area contributed by atoms with E-state index < -0.39 is 0 Å². The molecule has 0 fully saturated rings. The summed E-state index contributed by atoms with van der Waals surface area (Å²) in [6.07, 6.45) is 2.60. The first-order valence-corrected chi connectivity index (χ1v) is 6.18. The summed E-state index contributed by atoms with van der Waals surface area (Å²) in [4.78, 5) is 11.7. The molecule has 96 valence electrons. The van der Waals surface area contributed by atoms with Crippen LogP contribution in [0.15, 0.2) is 0 Å². The van der Waals surface area contributed by atoms with Gasteiger partial charge in [-0.3, -0.25) is 4.79 Å². The van der Waals surface area contributed by atoms with E-state index in [1.165, 1.54) is 0 Å². The Kier molecular flexibility index (Phi) is 8.21. The van der Waals surface area contributed by atoms with E-state index in [-0.39, 0.29) is 30.6 Å². The van der Waals surface area contributed by atoms with Gasteiger partial charge in [-0.1, -0.05) is 6.92 Å². The minimum atomic E-state index is -0.178. The molecule has 0 aliphatic rings. The summed E-state index contributed by atoms with van der Waals surface area (Å²) in [5.74, 6) is 0.0465. The number of aliphatic hydroxyl groups is 1. The smallest absolute Gasteiger partial charge is 0.237 e. The monoisotopic (exact) mass is 230 g/mol. The van der Waals surface area contributed by atoms with Gasteiger partial charge < -0.3 is 15.7 Å². The van der Waals surface area contributed by atoms with Crippen molar-refractivity contribution in [2.75, 3.05) is 6.61 Å². The Morgan fingerprint density at radius 3 is 2.38 bits per heavy atom. The topological polar surface area (TPSA) is 61.4 Å². The fourth-order valence-corrected chi connectivity index (χ4v) is 1.45. The molecule has 0 saturated heterocycles. The third kappa shape index (κ3) is 6.80. The van der Waals surface area contributed by atoms with Gasteiger partial charge in [0, 0.05) is 18.7 Å². The zero-order valence-corrected chi connectivity index (χ0v) is 10.9. The highest BCUT2D eigenvalue weighted by atomic mass is 16.2. The Bertz CT molecular complexity index is 197. The summed E-state index contributed by atoms with van der Waals surface area (Å²) in [5, 5.41) is 14.9. The maximum atomic E-state index is 11.7. The molecule has 3 N–H and O–H groups in total. The van der Waals surface area contributed by atoms with Crippen LogP contribution in [0.5, 0.6) is 0 Å². The molecule has 16 heavy (non-hydrogen) atoms. The Morgan fingerprint density at radius 1 is 1.25 bits per heavy atom. The molecule has 0 aromatic heterocycles. The van der Waals surface area contributed by atoms with Gasteiger partial charge in [-0.2, -0.15) is 0 Å². The van der Waals surface area contributed by atoms with Crippen molar-refractivity contribution in [2.45, 2.75) is 65.1 Å². The zero-order chi connectivity index (χ0) is 12.6. The van der Waals surface area contributed by atoms with Gasteiger partial charge in [0.2, 0.25) is 5.91 Å². The molecule has 3 atom stereocenters. The van der Waals surface area contributed by atoms with Gasteiger partial charge in [-0.25, -0.2) is 0 Å². The van der Waals surface area contributed by atoms with E-state index >= 15 is 0 Å². The van der Waals surface area contributed by atoms with E-state index in [1.54, 1.807) is 0 Å². The molecule has 0 spiro atoms. The van der Waals surface area contributed by atoms with Crippen molar-refractivity contribution in [2.24, 2.45) is 0 Å². The molecule has 3 unspecified atom stereocenters. The molecule has 0 radical (unpaired) electrons. The van der Waals surface area contributed by atoms with Gasteiger partial charge in [0.25, 0.3) is 0 Å². The molecule has 0 aliphatic heterocycles. The second kappa shape index (κ2) is 8.53. The van der Waals surface area contributed by atoms with Crippen LogP contribution in [0, 0.1) is 0 Å². The highest BCUT2D eigenvalue weighted by Crippen LogP contribution is 1.98. The van der Waals surface area contributed by atoms with Gasteiger partial charge in [0.05, 0.1) is 6.04 Å². The van der Waals surface area contributed by atoms with Gasteiger partial charge in [0.15, 0.2) is 0 Å². The van der Waals surface area contributed by atoms with Crippen molar-refractivity contribution < 1.29 is 9.90 Å². The van der Waals surface area contributed by atoms with E-state index in [0.717, 1.165) is 19.3 Å². The molecule has 4 heteroatoms. The lowest BCUT2D eigenvalue weighted by Crippen LogP contribution is -2.48. The molecule has 0 heterocycles. The lowest BCUT2D eigenvalue weighted by atomic mass is 10.1. The van der Waals surface area contributed by atoms with Crippen molar-refractivity contribution in [1.29, 1.82) is 0 Å². The van der Waals surface area contributed by atoms with Crippen LogP contribution >= 0.6 is 0 Å². The fourth-order valence-electron chi connectivity index (χ4n) is 1.45. The van der Waals surface area contributed by atoms with Crippen LogP contribution in [0.3, 0.4) is 0 Å². The Hall–Kier alpha value is -0.610. The average molecular weight is 230 g/mol. The van der Waals surface area contributed by atoms with Crippen molar-refractivity contribution >= 4 is 5.91 Å². The second-order valence-electron chi connectivity index (χ2n) is 4.47. The number of aliphatic hydroxyl groups excluding tert-OH is 1.